The Hall–Kier alpha value is -14.3. The van der Waals surface area contributed by atoms with Crippen LogP contribution in [0.4, 0.5) is 8.78 Å². The molecule has 0 spiro atoms. The molecule has 20 rings (SSSR count). The fourth-order valence-corrected chi connectivity index (χ4v) is 20.9. The number of para-hydroxylation sites is 2. The SMILES string of the molecule is Cc1cc(-c2c3ccc(CC(C)C)cc3nc[n+]2C)c(C)c(C)c1F.Cc1cc(-c2c3ccccc3nc[n+]2C)c(C)c(C)c1F.Cc1cc(C)c(C)c(-c2c3ccc(C(C)C)cc3cc[n+]2C)c1.Cc1cc(C)c(C)c(-c2c3ccc(CC(C)C)cc3cc[n+]2C)c1.Cc1cc(C)c(C)c(-c2c3ccccc3nc[n+]2C)c1.Cc1ccc2c(n1)oc1c(-c3ccc4c(CC(C)C)cccc4[n+]3C)c(C)c(C)cc12. The first-order valence-corrected chi connectivity index (χ1v) is 51.0. The summed E-state index contributed by atoms with van der Waals surface area (Å²) in [5.74, 6) is 2.25. The second kappa shape index (κ2) is 43.5. The van der Waals surface area contributed by atoms with E-state index in [2.05, 4.69) is 386 Å². The summed E-state index contributed by atoms with van der Waals surface area (Å²) in [7, 11) is 12.5. The van der Waals surface area contributed by atoms with Gasteiger partial charge in [-0.25, -0.2) is 36.6 Å². The van der Waals surface area contributed by atoms with Crippen molar-refractivity contribution in [2.75, 3.05) is 0 Å². The number of aryl methyl sites for hydroxylation is 16. The van der Waals surface area contributed by atoms with Gasteiger partial charge in [0, 0.05) is 62.8 Å². The summed E-state index contributed by atoms with van der Waals surface area (Å²) < 4.78 is 47.7. The fourth-order valence-electron chi connectivity index (χ4n) is 20.9. The molecule has 8 heterocycles. The summed E-state index contributed by atoms with van der Waals surface area (Å²) in [5.41, 5.74) is 46.1. The van der Waals surface area contributed by atoms with E-state index in [9.17, 15) is 8.78 Å². The molecule has 8 aromatic heterocycles. The lowest BCUT2D eigenvalue weighted by Crippen LogP contribution is -2.32. The smallest absolute Gasteiger partial charge is 0.287 e. The standard InChI is InChI=1S/C28H29N2O.C23H28N.C22H26FN2.C22H26N.C18H18FN2.C18H19N2/c1-16(2)14-20-8-7-9-24-21(20)12-13-25(30(24)6)26-19(5)17(3)15-23-22-11-10-18(4)29-28(22)31-27(23)26;1-15(2)11-19-7-8-21-20(14-19)9-10-24(6)23(21)22-13-16(3)12-17(4)18(22)5;1-13(2)9-17-7-8-18-20(11-17)24-12-25(6)22(18)19-10-14(3)21(23)16(5)15(19)4;1-14(2)18-7-8-20-19(13-18)9-10-23(6)22(20)21-12-15(3)11-16(4)17(21)5;1-11-9-15(12(2)13(3)17(11)19)18-14-7-5-6-8-16(14)20-10-21(18)4;1-12-9-13(2)14(3)16(10-12)18-15-7-5-6-8-17(15)19-11-20(18)4/h7-13,15-16H,14H2,1-6H3;7-10,12-15H,11H2,1-6H3;7-8,10-13H,9H2,1-6H3;7-14H,1-6H3;5-10H,1-4H3;5-11H,1-4H3/q6*+1. The molecule has 20 aromatic rings. The van der Waals surface area contributed by atoms with Crippen molar-refractivity contribution in [3.05, 3.63) is 378 Å². The number of nitrogens with zero attached hydrogens (tertiary/aromatic N) is 10. The van der Waals surface area contributed by atoms with Gasteiger partial charge in [-0.05, 0) is 397 Å². The average Bonchev–Trinajstić information content (AvgIpc) is 1.58. The number of pyridine rings is 4. The minimum Gasteiger partial charge on any atom is -0.437 e. The van der Waals surface area contributed by atoms with Gasteiger partial charge in [-0.2, -0.15) is 4.57 Å². The van der Waals surface area contributed by atoms with Crippen LogP contribution in [0.2, 0.25) is 0 Å². The van der Waals surface area contributed by atoms with E-state index in [0.29, 0.717) is 46.1 Å². The zero-order valence-corrected chi connectivity index (χ0v) is 91.2. The summed E-state index contributed by atoms with van der Waals surface area (Å²) in [6.45, 7) is 55.5. The first kappa shape index (κ1) is 104. The number of hydrogen-bond donors (Lipinski definition) is 0. The van der Waals surface area contributed by atoms with E-state index in [1.54, 1.807) is 0 Å². The number of furan rings is 1. The van der Waals surface area contributed by atoms with Crippen molar-refractivity contribution < 1.29 is 40.6 Å². The molecule has 0 saturated heterocycles. The third-order valence-electron chi connectivity index (χ3n) is 29.3. The lowest BCUT2D eigenvalue weighted by molar-refractivity contribution is -0.662. The van der Waals surface area contributed by atoms with Gasteiger partial charge in [0.1, 0.15) is 49.9 Å². The number of hydrogen-bond acceptors (Lipinski definition) is 5. The van der Waals surface area contributed by atoms with E-state index in [1.807, 2.05) is 127 Å². The molecule has 0 amide bonds. The minimum atomic E-state index is -0.114. The monoisotopic (exact) mass is 1910 g/mol. The van der Waals surface area contributed by atoms with Gasteiger partial charge >= 0.3 is 0 Å². The average molecular weight is 1910 g/mol. The molecule has 0 aliphatic heterocycles. The Morgan fingerprint density at radius 2 is 0.708 bits per heavy atom. The highest BCUT2D eigenvalue weighted by Crippen LogP contribution is 2.42. The molecule has 0 fully saturated rings. The second-order valence-corrected chi connectivity index (χ2v) is 42.2. The molecule has 144 heavy (non-hydrogen) atoms. The van der Waals surface area contributed by atoms with Crippen LogP contribution in [-0.4, -0.2) is 19.9 Å². The molecule has 0 unspecified atom stereocenters. The van der Waals surface area contributed by atoms with Crippen molar-refractivity contribution in [2.45, 2.75) is 205 Å². The highest BCUT2D eigenvalue weighted by atomic mass is 19.1. The van der Waals surface area contributed by atoms with Crippen LogP contribution in [0.15, 0.2) is 248 Å². The lowest BCUT2D eigenvalue weighted by Gasteiger charge is -2.14. The Bertz CT molecular complexity index is 8380. The molecule has 11 nitrogen and oxygen atoms in total. The molecule has 0 radical (unpaired) electrons. The predicted octanol–water partition coefficient (Wildman–Crippen LogP) is 30.0. The third kappa shape index (κ3) is 21.7. The molecular weight excluding hydrogens is 1770 g/mol. The zero-order chi connectivity index (χ0) is 104. The van der Waals surface area contributed by atoms with E-state index >= 15 is 0 Å². The first-order valence-electron chi connectivity index (χ1n) is 51.0. The van der Waals surface area contributed by atoms with E-state index in [-0.39, 0.29) is 11.6 Å². The molecule has 0 N–H and O–H groups in total. The Kier molecular flexibility index (Phi) is 31.4. The Balaban J connectivity index is 0.000000131. The van der Waals surface area contributed by atoms with Crippen LogP contribution in [0.3, 0.4) is 0 Å². The molecule has 0 aliphatic rings. The second-order valence-electron chi connectivity index (χ2n) is 42.2. The largest absolute Gasteiger partial charge is 0.437 e. The molecule has 12 aromatic carbocycles. The summed E-state index contributed by atoms with van der Waals surface area (Å²) >= 11 is 0. The third-order valence-corrected chi connectivity index (χ3v) is 29.3. The van der Waals surface area contributed by atoms with E-state index < -0.39 is 0 Å². The van der Waals surface area contributed by atoms with Crippen LogP contribution < -0.4 is 27.4 Å². The van der Waals surface area contributed by atoms with E-state index in [1.165, 1.54) is 155 Å². The molecule has 0 aliphatic carbocycles. The maximum Gasteiger partial charge on any atom is 0.287 e. The van der Waals surface area contributed by atoms with Gasteiger partial charge in [-0.15, -0.1) is 0 Å². The normalized spacial score (nSPS) is 11.5. The van der Waals surface area contributed by atoms with E-state index in [0.717, 1.165) is 119 Å². The van der Waals surface area contributed by atoms with Crippen molar-refractivity contribution in [3.63, 3.8) is 0 Å². The number of rotatable bonds is 13. The van der Waals surface area contributed by atoms with Gasteiger partial charge in [0.05, 0.1) is 64.8 Å². The maximum absolute atomic E-state index is 14.3. The van der Waals surface area contributed by atoms with Crippen molar-refractivity contribution in [1.82, 2.24) is 19.9 Å². The van der Waals surface area contributed by atoms with E-state index in [4.69, 9.17) is 4.42 Å². The quantitative estimate of drug-likeness (QED) is 0.107. The minimum absolute atomic E-state index is 0.110. The molecule has 13 heteroatoms. The lowest BCUT2D eigenvalue weighted by atomic mass is 9.93. The highest BCUT2D eigenvalue weighted by Gasteiger charge is 2.30. The molecule has 734 valence electrons. The topological polar surface area (TPSA) is 88.0 Å². The van der Waals surface area contributed by atoms with Crippen LogP contribution >= 0.6 is 0 Å². The van der Waals surface area contributed by atoms with Gasteiger partial charge in [0.25, 0.3) is 19.0 Å². The number of fused-ring (bicyclic) bond motifs is 9. The maximum atomic E-state index is 14.3. The number of aromatic nitrogens is 10. The summed E-state index contributed by atoms with van der Waals surface area (Å²) in [6, 6.07) is 76.3. The van der Waals surface area contributed by atoms with Crippen molar-refractivity contribution in [3.8, 4) is 67.5 Å². The Morgan fingerprint density at radius 3 is 1.18 bits per heavy atom. The van der Waals surface area contributed by atoms with Gasteiger partial charge < -0.3 is 4.42 Å². The van der Waals surface area contributed by atoms with Gasteiger partial charge in [0.2, 0.25) is 28.3 Å². The van der Waals surface area contributed by atoms with Gasteiger partial charge in [-0.3, -0.25) is 0 Å². The van der Waals surface area contributed by atoms with Crippen LogP contribution in [0.25, 0.3) is 155 Å². The Labute approximate surface area is 852 Å². The molecule has 0 saturated carbocycles. The predicted molar refractivity (Wildman–Crippen MR) is 597 cm³/mol. The number of benzene rings is 12. The van der Waals surface area contributed by atoms with Crippen LogP contribution in [0.5, 0.6) is 0 Å². The summed E-state index contributed by atoms with van der Waals surface area (Å²) in [5, 5.41) is 12.2. The number of halogens is 2. The van der Waals surface area contributed by atoms with Gasteiger partial charge in [0.15, 0.2) is 34.5 Å². The van der Waals surface area contributed by atoms with Gasteiger partial charge in [-0.1, -0.05) is 157 Å². The highest BCUT2D eigenvalue weighted by molar-refractivity contribution is 6.10. The molecule has 0 atom stereocenters. The zero-order valence-electron chi connectivity index (χ0n) is 91.2. The van der Waals surface area contributed by atoms with Crippen molar-refractivity contribution in [2.24, 2.45) is 60.0 Å². The summed E-state index contributed by atoms with van der Waals surface area (Å²) in [4.78, 5) is 18.2. The molecular formula is C131H146F2N10O+6. The molecule has 0 bridgehead atoms. The first-order chi connectivity index (χ1) is 68.5. The van der Waals surface area contributed by atoms with Crippen molar-refractivity contribution >= 4 is 87.2 Å². The van der Waals surface area contributed by atoms with Crippen molar-refractivity contribution in [1.29, 1.82) is 0 Å². The summed E-state index contributed by atoms with van der Waals surface area (Å²) in [6.07, 6.45) is 13.2. The fraction of sp³-hybridized carbons (Fsp3) is 0.298. The van der Waals surface area contributed by atoms with Crippen LogP contribution in [0.1, 0.15) is 184 Å². The van der Waals surface area contributed by atoms with Crippen LogP contribution in [0, 0.1) is 154 Å². The van der Waals surface area contributed by atoms with Crippen LogP contribution in [-0.2, 0) is 61.5 Å². The Morgan fingerprint density at radius 1 is 0.306 bits per heavy atom.